The van der Waals surface area contributed by atoms with Crippen LogP contribution >= 0.6 is 0 Å². The summed E-state index contributed by atoms with van der Waals surface area (Å²) in [6, 6.07) is 12.3. The number of imidazole rings is 1. The summed E-state index contributed by atoms with van der Waals surface area (Å²) in [5, 5.41) is 2.74. The van der Waals surface area contributed by atoms with Crippen molar-refractivity contribution in [1.82, 2.24) is 13.9 Å². The molecule has 0 spiro atoms. The molecule has 2 aliphatic heterocycles. The predicted molar refractivity (Wildman–Crippen MR) is 115 cm³/mol. The Bertz CT molecular complexity index is 1330. The van der Waals surface area contributed by atoms with Crippen LogP contribution in [0.15, 0.2) is 47.4 Å². The van der Waals surface area contributed by atoms with Crippen molar-refractivity contribution in [1.29, 1.82) is 0 Å². The number of rotatable bonds is 4. The molecule has 160 valence electrons. The van der Waals surface area contributed by atoms with Gasteiger partial charge in [-0.1, -0.05) is 12.1 Å². The van der Waals surface area contributed by atoms with E-state index in [1.54, 1.807) is 12.1 Å². The first-order valence-electron chi connectivity index (χ1n) is 9.99. The number of nitrogens with one attached hydrogen (secondary N) is 1. The maximum Gasteiger partial charge on any atom is 0.244 e. The van der Waals surface area contributed by atoms with E-state index in [2.05, 4.69) is 10.3 Å². The average molecular weight is 439 g/mol. The number of likely N-dealkylation sites (N-methyl/N-ethyl adjacent to an activating group) is 1. The van der Waals surface area contributed by atoms with Crippen LogP contribution in [0.3, 0.4) is 0 Å². The van der Waals surface area contributed by atoms with Crippen molar-refractivity contribution in [2.45, 2.75) is 24.3 Å². The Balaban J connectivity index is 1.36. The molecule has 3 heterocycles. The lowest BCUT2D eigenvalue weighted by molar-refractivity contribution is -0.118. The first-order valence-corrected chi connectivity index (χ1v) is 11.4. The van der Waals surface area contributed by atoms with Gasteiger partial charge in [0.2, 0.25) is 27.8 Å². The molecule has 0 radical (unpaired) electrons. The van der Waals surface area contributed by atoms with Crippen LogP contribution in [0.2, 0.25) is 0 Å². The summed E-state index contributed by atoms with van der Waals surface area (Å²) in [4.78, 5) is 30.7. The number of fused-ring (bicyclic) bond motifs is 4. The molecule has 9 nitrogen and oxygen atoms in total. The van der Waals surface area contributed by atoms with Gasteiger partial charge in [-0.3, -0.25) is 14.5 Å². The Morgan fingerprint density at radius 1 is 1.16 bits per heavy atom. The predicted octanol–water partition coefficient (Wildman–Crippen LogP) is 1.59. The second-order valence-electron chi connectivity index (χ2n) is 7.73. The van der Waals surface area contributed by atoms with E-state index in [9.17, 15) is 18.0 Å². The highest BCUT2D eigenvalue weighted by Crippen LogP contribution is 2.29. The van der Waals surface area contributed by atoms with Gasteiger partial charge < -0.3 is 9.88 Å². The zero-order valence-electron chi connectivity index (χ0n) is 16.9. The number of carbonyl (C=O) groups excluding carboxylic acids is 2. The third kappa shape index (κ3) is 3.28. The molecule has 0 bridgehead atoms. The molecule has 0 saturated heterocycles. The van der Waals surface area contributed by atoms with Gasteiger partial charge in [0.05, 0.1) is 22.5 Å². The fourth-order valence-electron chi connectivity index (χ4n) is 4.09. The summed E-state index contributed by atoms with van der Waals surface area (Å²) < 4.78 is 29.2. The standard InChI is InChI=1S/C21H21N5O4S/c1-24(31(29,30)15-7-8-16-14(12-15)6-9-19(27)22-16)13-20(28)26-11-10-25-18-5-3-2-4-17(18)23-21(25)26/h2-5,7-8,12H,6,9-11,13H2,1H3,(H,22,27). The van der Waals surface area contributed by atoms with Crippen LogP contribution in [-0.2, 0) is 32.6 Å². The number of aromatic nitrogens is 2. The quantitative estimate of drug-likeness (QED) is 0.665. The van der Waals surface area contributed by atoms with Crippen molar-refractivity contribution in [3.8, 4) is 0 Å². The number of nitrogens with zero attached hydrogens (tertiary/aromatic N) is 4. The molecular formula is C21H21N5O4S. The van der Waals surface area contributed by atoms with E-state index in [1.165, 1.54) is 18.0 Å². The molecule has 2 amide bonds. The number of benzene rings is 2. The lowest BCUT2D eigenvalue weighted by atomic mass is 10.0. The van der Waals surface area contributed by atoms with Crippen LogP contribution in [0.25, 0.3) is 11.0 Å². The molecule has 1 aromatic heterocycles. The lowest BCUT2D eigenvalue weighted by Crippen LogP contribution is -2.40. The fraction of sp³-hybridized carbons (Fsp3) is 0.286. The van der Waals surface area contributed by atoms with Gasteiger partial charge in [0, 0.05) is 32.2 Å². The fourth-order valence-corrected chi connectivity index (χ4v) is 5.26. The van der Waals surface area contributed by atoms with Gasteiger partial charge in [0.15, 0.2) is 0 Å². The van der Waals surface area contributed by atoms with Crippen LogP contribution in [0.5, 0.6) is 0 Å². The zero-order valence-corrected chi connectivity index (χ0v) is 17.7. The molecule has 2 aliphatic rings. The summed E-state index contributed by atoms with van der Waals surface area (Å²) >= 11 is 0. The summed E-state index contributed by atoms with van der Waals surface area (Å²) in [5.74, 6) is 0.134. The number of sulfonamides is 1. The summed E-state index contributed by atoms with van der Waals surface area (Å²) in [6.07, 6.45) is 0.804. The lowest BCUT2D eigenvalue weighted by Gasteiger charge is -2.22. The van der Waals surface area contributed by atoms with Crippen molar-refractivity contribution < 1.29 is 18.0 Å². The molecule has 31 heavy (non-hydrogen) atoms. The van der Waals surface area contributed by atoms with Crippen LogP contribution in [0, 0.1) is 0 Å². The Hall–Kier alpha value is -3.24. The van der Waals surface area contributed by atoms with Gasteiger partial charge in [0.25, 0.3) is 0 Å². The smallest absolute Gasteiger partial charge is 0.244 e. The summed E-state index contributed by atoms with van der Waals surface area (Å²) in [5.41, 5.74) is 3.16. The molecule has 0 aliphatic carbocycles. The van der Waals surface area contributed by atoms with E-state index in [0.29, 0.717) is 37.6 Å². The van der Waals surface area contributed by atoms with E-state index in [0.717, 1.165) is 20.9 Å². The van der Waals surface area contributed by atoms with E-state index >= 15 is 0 Å². The maximum absolute atomic E-state index is 13.1. The molecule has 0 unspecified atom stereocenters. The summed E-state index contributed by atoms with van der Waals surface area (Å²) in [6.45, 7) is 0.784. The Kier molecular flexibility index (Phi) is 4.56. The monoisotopic (exact) mass is 439 g/mol. The van der Waals surface area contributed by atoms with E-state index < -0.39 is 10.0 Å². The molecule has 0 fully saturated rings. The molecule has 0 atom stereocenters. The minimum atomic E-state index is -3.87. The number of carbonyl (C=O) groups is 2. The van der Waals surface area contributed by atoms with Crippen molar-refractivity contribution in [3.05, 3.63) is 48.0 Å². The van der Waals surface area contributed by atoms with Crippen molar-refractivity contribution in [3.63, 3.8) is 0 Å². The number of amides is 2. The number of hydrogen-bond acceptors (Lipinski definition) is 5. The largest absolute Gasteiger partial charge is 0.326 e. The van der Waals surface area contributed by atoms with Crippen LogP contribution < -0.4 is 10.2 Å². The first-order chi connectivity index (χ1) is 14.8. The SMILES string of the molecule is CN(CC(=O)N1CCn2c1nc1ccccc12)S(=O)(=O)c1ccc2c(c1)CCC(=O)N2. The first kappa shape index (κ1) is 19.7. The van der Waals surface area contributed by atoms with Crippen LogP contribution in [-0.4, -0.2) is 54.2 Å². The number of anilines is 2. The molecule has 0 saturated carbocycles. The van der Waals surface area contributed by atoms with Gasteiger partial charge in [-0.2, -0.15) is 4.31 Å². The maximum atomic E-state index is 13.1. The number of hydrogen-bond donors (Lipinski definition) is 1. The number of para-hydroxylation sites is 2. The van der Waals surface area contributed by atoms with Gasteiger partial charge in [0.1, 0.15) is 0 Å². The zero-order chi connectivity index (χ0) is 21.8. The van der Waals surface area contributed by atoms with Gasteiger partial charge in [-0.05, 0) is 42.3 Å². The molecular weight excluding hydrogens is 418 g/mol. The molecule has 3 aromatic rings. The Morgan fingerprint density at radius 3 is 2.81 bits per heavy atom. The second kappa shape index (κ2) is 7.17. The van der Waals surface area contributed by atoms with E-state index in [4.69, 9.17) is 0 Å². The average Bonchev–Trinajstić information content (AvgIpc) is 3.32. The van der Waals surface area contributed by atoms with Gasteiger partial charge in [-0.25, -0.2) is 13.4 Å². The summed E-state index contributed by atoms with van der Waals surface area (Å²) in [7, 11) is -2.47. The van der Waals surface area contributed by atoms with Crippen LogP contribution in [0.1, 0.15) is 12.0 Å². The van der Waals surface area contributed by atoms with E-state index in [1.807, 2.05) is 28.8 Å². The van der Waals surface area contributed by atoms with Crippen molar-refractivity contribution >= 4 is 44.5 Å². The Labute approximate surface area is 179 Å². The Morgan fingerprint density at radius 2 is 1.97 bits per heavy atom. The van der Waals surface area contributed by atoms with Crippen molar-refractivity contribution in [2.24, 2.45) is 0 Å². The topological polar surface area (TPSA) is 105 Å². The van der Waals surface area contributed by atoms with Crippen molar-refractivity contribution in [2.75, 3.05) is 30.4 Å². The van der Waals surface area contributed by atoms with Gasteiger partial charge in [-0.15, -0.1) is 0 Å². The molecule has 10 heteroatoms. The number of aryl methyl sites for hydroxylation is 1. The molecule has 1 N–H and O–H groups in total. The highest BCUT2D eigenvalue weighted by atomic mass is 32.2. The third-order valence-electron chi connectivity index (χ3n) is 5.76. The molecule has 5 rings (SSSR count). The van der Waals surface area contributed by atoms with E-state index in [-0.39, 0.29) is 23.3 Å². The minimum absolute atomic E-state index is 0.0811. The minimum Gasteiger partial charge on any atom is -0.326 e. The second-order valence-corrected chi connectivity index (χ2v) is 9.77. The highest BCUT2D eigenvalue weighted by Gasteiger charge is 2.32. The highest BCUT2D eigenvalue weighted by molar-refractivity contribution is 7.89. The third-order valence-corrected chi connectivity index (χ3v) is 7.56. The normalized spacial score (nSPS) is 15.8. The van der Waals surface area contributed by atoms with Gasteiger partial charge >= 0.3 is 0 Å². The van der Waals surface area contributed by atoms with Crippen LogP contribution in [0.4, 0.5) is 11.6 Å². The molecule has 2 aromatic carbocycles.